The lowest BCUT2D eigenvalue weighted by molar-refractivity contribution is -0.143. The summed E-state index contributed by atoms with van der Waals surface area (Å²) in [5.41, 5.74) is -2.80. The number of cyclic esters (lactones) is 1. The van der Waals surface area contributed by atoms with E-state index in [-0.39, 0.29) is 18.9 Å². The average molecular weight is 482 g/mol. The van der Waals surface area contributed by atoms with Gasteiger partial charge in [-0.25, -0.2) is 9.69 Å². The number of carbonyl (C=O) groups excluding carboxylic acids is 2. The molecule has 1 fully saturated rings. The Morgan fingerprint density at radius 3 is 2.29 bits per heavy atom. The van der Waals surface area contributed by atoms with Gasteiger partial charge in [0.15, 0.2) is 0 Å². The highest BCUT2D eigenvalue weighted by Crippen LogP contribution is 2.39. The highest BCUT2D eigenvalue weighted by Gasteiger charge is 2.41. The van der Waals surface area contributed by atoms with Gasteiger partial charge in [-0.2, -0.15) is 26.3 Å². The van der Waals surface area contributed by atoms with Crippen LogP contribution in [0.4, 0.5) is 31.1 Å². The molecule has 3 aromatic rings. The number of nitrogens with zero attached hydrogens (tertiary/aromatic N) is 2. The first kappa shape index (κ1) is 23.5. The van der Waals surface area contributed by atoms with Crippen molar-refractivity contribution in [1.29, 1.82) is 0 Å². The molecule has 0 aliphatic carbocycles. The van der Waals surface area contributed by atoms with E-state index >= 15 is 0 Å². The van der Waals surface area contributed by atoms with Crippen LogP contribution in [0.25, 0.3) is 10.8 Å². The number of hydrogen-bond donors (Lipinski definition) is 0. The van der Waals surface area contributed by atoms with E-state index < -0.39 is 53.7 Å². The minimum absolute atomic E-state index is 0.0125. The molecule has 1 aromatic heterocycles. The monoisotopic (exact) mass is 482 g/mol. The summed E-state index contributed by atoms with van der Waals surface area (Å²) in [4.78, 5) is 29.7. The maximum absolute atomic E-state index is 13.1. The number of alkyl halides is 6. The summed E-state index contributed by atoms with van der Waals surface area (Å²) in [6.07, 6.45) is -9.33. The molecule has 0 radical (unpaired) electrons. The fraction of sp³-hybridized carbons (Fsp3) is 0.261. The lowest BCUT2D eigenvalue weighted by Gasteiger charge is -2.16. The normalized spacial score (nSPS) is 16.7. The number of halogens is 6. The van der Waals surface area contributed by atoms with Gasteiger partial charge in [0, 0.05) is 24.2 Å². The summed E-state index contributed by atoms with van der Waals surface area (Å²) in [7, 11) is 0. The van der Waals surface area contributed by atoms with Gasteiger partial charge >= 0.3 is 18.4 Å². The van der Waals surface area contributed by atoms with E-state index in [0.29, 0.717) is 17.0 Å². The third-order valence-corrected chi connectivity index (χ3v) is 5.45. The van der Waals surface area contributed by atoms with Crippen molar-refractivity contribution in [3.8, 4) is 0 Å². The zero-order valence-electron chi connectivity index (χ0n) is 17.3. The van der Waals surface area contributed by atoms with E-state index in [9.17, 15) is 35.9 Å². The second-order valence-electron chi connectivity index (χ2n) is 7.74. The number of hydrogen-bond acceptors (Lipinski definition) is 4. The highest BCUT2D eigenvalue weighted by atomic mass is 19.4. The molecule has 1 saturated heterocycles. The molecule has 5 nitrogen and oxygen atoms in total. The van der Waals surface area contributed by atoms with Crippen LogP contribution in [0.1, 0.15) is 34.8 Å². The van der Waals surface area contributed by atoms with Crippen LogP contribution in [0.3, 0.4) is 0 Å². The smallest absolute Gasteiger partial charge is 0.417 e. The Hall–Kier alpha value is -3.63. The number of aromatic nitrogens is 1. The van der Waals surface area contributed by atoms with Gasteiger partial charge in [-0.3, -0.25) is 9.78 Å². The standard InChI is InChI=1S/C23H16F6N2O3/c24-22(25,26)16-7-15(8-17(9-16)23(27,28)29)19-12-31(21(33)34-19)20(32)6-5-14-11-30-10-13-3-1-2-4-18(13)14/h1-4,7-11,19H,5-6,12H2/t19-/m1/s1. The van der Waals surface area contributed by atoms with Crippen molar-refractivity contribution in [3.05, 3.63) is 77.1 Å². The molecule has 4 rings (SSSR count). The fourth-order valence-corrected chi connectivity index (χ4v) is 3.76. The molecule has 0 unspecified atom stereocenters. The Morgan fingerprint density at radius 1 is 1.00 bits per heavy atom. The zero-order valence-corrected chi connectivity index (χ0v) is 17.3. The number of pyridine rings is 1. The van der Waals surface area contributed by atoms with Crippen LogP contribution < -0.4 is 0 Å². The van der Waals surface area contributed by atoms with Crippen molar-refractivity contribution >= 4 is 22.8 Å². The van der Waals surface area contributed by atoms with Gasteiger partial charge in [0.1, 0.15) is 6.10 Å². The lowest BCUT2D eigenvalue weighted by atomic mass is 10.0. The van der Waals surface area contributed by atoms with Crippen LogP contribution in [-0.2, 0) is 28.3 Å². The molecule has 178 valence electrons. The van der Waals surface area contributed by atoms with E-state index in [0.717, 1.165) is 16.3 Å². The third kappa shape index (κ3) is 4.82. The van der Waals surface area contributed by atoms with Crippen LogP contribution in [0.2, 0.25) is 0 Å². The van der Waals surface area contributed by atoms with Gasteiger partial charge in [-0.15, -0.1) is 0 Å². The molecule has 0 saturated carbocycles. The Morgan fingerprint density at radius 2 is 1.65 bits per heavy atom. The van der Waals surface area contributed by atoms with Crippen LogP contribution in [0, 0.1) is 0 Å². The molecule has 34 heavy (non-hydrogen) atoms. The maximum atomic E-state index is 13.1. The number of carbonyl (C=O) groups is 2. The van der Waals surface area contributed by atoms with Gasteiger partial charge in [0.2, 0.25) is 5.91 Å². The number of benzene rings is 2. The number of fused-ring (bicyclic) bond motifs is 1. The summed E-state index contributed by atoms with van der Waals surface area (Å²) in [5.74, 6) is -0.663. The van der Waals surface area contributed by atoms with E-state index in [4.69, 9.17) is 4.74 Å². The summed E-state index contributed by atoms with van der Waals surface area (Å²) in [5, 5.41) is 1.73. The van der Waals surface area contributed by atoms with Crippen LogP contribution in [0.15, 0.2) is 54.9 Å². The number of imide groups is 1. The molecule has 1 atom stereocenters. The first-order valence-electron chi connectivity index (χ1n) is 10.1. The second-order valence-corrected chi connectivity index (χ2v) is 7.74. The summed E-state index contributed by atoms with van der Waals surface area (Å²) < 4.78 is 83.8. The third-order valence-electron chi connectivity index (χ3n) is 5.45. The molecule has 0 N–H and O–H groups in total. The van der Waals surface area contributed by atoms with Crippen LogP contribution in [0.5, 0.6) is 0 Å². The van der Waals surface area contributed by atoms with Gasteiger partial charge in [-0.05, 0) is 41.1 Å². The molecule has 1 aliphatic rings. The molecular weight excluding hydrogens is 466 g/mol. The SMILES string of the molecule is O=C(CCc1cncc2ccccc12)N1C[C@H](c2cc(C(F)(F)F)cc(C(F)(F)F)c2)OC1=O. The van der Waals surface area contributed by atoms with E-state index in [2.05, 4.69) is 4.98 Å². The molecule has 0 bridgehead atoms. The van der Waals surface area contributed by atoms with Crippen molar-refractivity contribution in [2.45, 2.75) is 31.3 Å². The number of aryl methyl sites for hydroxylation is 1. The Bertz CT molecular complexity index is 1220. The summed E-state index contributed by atoms with van der Waals surface area (Å²) in [6, 6.07) is 8.31. The van der Waals surface area contributed by atoms with Gasteiger partial charge in [-0.1, -0.05) is 24.3 Å². The predicted molar refractivity (Wildman–Crippen MR) is 107 cm³/mol. The van der Waals surface area contributed by atoms with E-state index in [1.54, 1.807) is 12.4 Å². The molecule has 2 aromatic carbocycles. The topological polar surface area (TPSA) is 59.5 Å². The molecular formula is C23H16F6N2O3. The minimum atomic E-state index is -5.04. The second kappa shape index (κ2) is 8.62. The first-order valence-corrected chi connectivity index (χ1v) is 10.1. The van der Waals surface area contributed by atoms with Crippen LogP contribution in [-0.4, -0.2) is 28.4 Å². The molecule has 2 heterocycles. The van der Waals surface area contributed by atoms with Crippen molar-refractivity contribution in [2.24, 2.45) is 0 Å². The maximum Gasteiger partial charge on any atom is 0.417 e. The Labute approximate surface area is 188 Å². The Balaban J connectivity index is 1.52. The largest absolute Gasteiger partial charge is 0.439 e. The predicted octanol–water partition coefficient (Wildman–Crippen LogP) is 5.93. The van der Waals surface area contributed by atoms with Gasteiger partial charge in [0.25, 0.3) is 0 Å². The first-order chi connectivity index (χ1) is 15.9. The quantitative estimate of drug-likeness (QED) is 0.433. The van der Waals surface area contributed by atoms with E-state index in [1.807, 2.05) is 24.3 Å². The van der Waals surface area contributed by atoms with Crippen molar-refractivity contribution in [3.63, 3.8) is 0 Å². The number of ether oxygens (including phenoxy) is 1. The molecule has 0 spiro atoms. The van der Waals surface area contributed by atoms with Crippen LogP contribution >= 0.6 is 0 Å². The van der Waals surface area contributed by atoms with Gasteiger partial charge < -0.3 is 4.74 Å². The summed E-state index contributed by atoms with van der Waals surface area (Å²) in [6.45, 7) is -0.496. The zero-order chi connectivity index (χ0) is 24.7. The van der Waals surface area contributed by atoms with E-state index in [1.165, 1.54) is 0 Å². The van der Waals surface area contributed by atoms with Crippen molar-refractivity contribution in [1.82, 2.24) is 9.88 Å². The molecule has 1 aliphatic heterocycles. The van der Waals surface area contributed by atoms with Gasteiger partial charge in [0.05, 0.1) is 17.7 Å². The lowest BCUT2D eigenvalue weighted by Crippen LogP contribution is -2.32. The average Bonchev–Trinajstić information content (AvgIpc) is 3.17. The summed E-state index contributed by atoms with van der Waals surface area (Å²) >= 11 is 0. The van der Waals surface area contributed by atoms with Crippen molar-refractivity contribution < 1.29 is 40.7 Å². The fourth-order valence-electron chi connectivity index (χ4n) is 3.76. The Kier molecular flexibility index (Phi) is 5.96. The van der Waals surface area contributed by atoms with Crippen molar-refractivity contribution in [2.75, 3.05) is 6.54 Å². The minimum Gasteiger partial charge on any atom is -0.439 e. The number of rotatable bonds is 4. The number of amides is 2. The molecule has 11 heteroatoms. The molecule has 2 amide bonds. The highest BCUT2D eigenvalue weighted by molar-refractivity contribution is 5.93.